The zero-order chi connectivity index (χ0) is 15.1. The Bertz CT molecular complexity index is 313. The lowest BCUT2D eigenvalue weighted by atomic mass is 9.95. The lowest BCUT2D eigenvalue weighted by molar-refractivity contribution is -0.119. The van der Waals surface area contributed by atoms with Gasteiger partial charge in [0.1, 0.15) is 0 Å². The van der Waals surface area contributed by atoms with E-state index in [0.29, 0.717) is 6.42 Å². The molecule has 4 N–H and O–H groups in total. The molecule has 0 heterocycles. The number of carbonyl (C=O) groups is 2. The van der Waals surface area contributed by atoms with Crippen LogP contribution in [-0.4, -0.2) is 41.3 Å². The fourth-order valence-corrected chi connectivity index (χ4v) is 1.47. The van der Waals surface area contributed by atoms with Gasteiger partial charge in [-0.3, -0.25) is 10.1 Å². The van der Waals surface area contributed by atoms with Gasteiger partial charge in [0.2, 0.25) is 5.91 Å². The molecule has 0 aromatic heterocycles. The molecule has 0 aromatic carbocycles. The predicted molar refractivity (Wildman–Crippen MR) is 74.8 cm³/mol. The van der Waals surface area contributed by atoms with Gasteiger partial charge >= 0.3 is 6.03 Å². The molecule has 0 aliphatic carbocycles. The summed E-state index contributed by atoms with van der Waals surface area (Å²) in [5.74, 6) is -0.389. The van der Waals surface area contributed by atoms with E-state index in [-0.39, 0.29) is 30.1 Å². The van der Waals surface area contributed by atoms with E-state index in [0.717, 1.165) is 6.42 Å². The van der Waals surface area contributed by atoms with E-state index >= 15 is 0 Å². The topological polar surface area (TPSA) is 90.5 Å². The smallest absolute Gasteiger partial charge is 0.321 e. The Morgan fingerprint density at radius 3 is 2.16 bits per heavy atom. The molecule has 0 rings (SSSR count). The summed E-state index contributed by atoms with van der Waals surface area (Å²) < 4.78 is 0. The quantitative estimate of drug-likeness (QED) is 0.575. The Morgan fingerprint density at radius 1 is 1.16 bits per heavy atom. The fraction of sp³-hybridized carbons (Fsp3) is 0.846. The van der Waals surface area contributed by atoms with E-state index in [1.165, 1.54) is 0 Å². The van der Waals surface area contributed by atoms with Gasteiger partial charge in [0.15, 0.2) is 0 Å². The van der Waals surface area contributed by atoms with Crippen LogP contribution in [-0.2, 0) is 4.79 Å². The van der Waals surface area contributed by atoms with Crippen LogP contribution < -0.4 is 16.0 Å². The number of urea groups is 1. The van der Waals surface area contributed by atoms with Gasteiger partial charge in [-0.05, 0) is 40.5 Å². The average molecular weight is 273 g/mol. The van der Waals surface area contributed by atoms with Crippen molar-refractivity contribution in [2.45, 2.75) is 58.5 Å². The first-order chi connectivity index (χ1) is 8.62. The first kappa shape index (κ1) is 17.9. The zero-order valence-electron chi connectivity index (χ0n) is 12.6. The number of amides is 3. The van der Waals surface area contributed by atoms with Crippen LogP contribution in [0, 0.1) is 0 Å². The molecule has 19 heavy (non-hydrogen) atoms. The molecule has 0 aliphatic heterocycles. The van der Waals surface area contributed by atoms with Crippen molar-refractivity contribution in [2.75, 3.05) is 13.2 Å². The Morgan fingerprint density at radius 2 is 1.74 bits per heavy atom. The van der Waals surface area contributed by atoms with Crippen molar-refractivity contribution < 1.29 is 14.7 Å². The molecule has 0 radical (unpaired) electrons. The SMILES string of the molecule is CC[C@](C)(CCO)NCC(=O)NC(=O)NC(C)(C)C. The molecule has 112 valence electrons. The van der Waals surface area contributed by atoms with Crippen molar-refractivity contribution in [2.24, 2.45) is 0 Å². The summed E-state index contributed by atoms with van der Waals surface area (Å²) >= 11 is 0. The van der Waals surface area contributed by atoms with Crippen molar-refractivity contribution >= 4 is 11.9 Å². The summed E-state index contributed by atoms with van der Waals surface area (Å²) in [5, 5.41) is 16.9. The fourth-order valence-electron chi connectivity index (χ4n) is 1.47. The molecule has 1 atom stereocenters. The lowest BCUT2D eigenvalue weighted by Crippen LogP contribution is -2.52. The van der Waals surface area contributed by atoms with Crippen molar-refractivity contribution in [1.82, 2.24) is 16.0 Å². The Kier molecular flexibility index (Phi) is 7.00. The second kappa shape index (κ2) is 7.45. The highest BCUT2D eigenvalue weighted by Gasteiger charge is 2.22. The molecule has 0 spiro atoms. The molecule has 0 aliphatic rings. The van der Waals surface area contributed by atoms with Gasteiger partial charge < -0.3 is 15.7 Å². The van der Waals surface area contributed by atoms with E-state index in [1.807, 2.05) is 34.6 Å². The van der Waals surface area contributed by atoms with E-state index in [1.54, 1.807) is 0 Å². The molecule has 0 saturated heterocycles. The van der Waals surface area contributed by atoms with Gasteiger partial charge in [0.05, 0.1) is 6.54 Å². The predicted octanol–water partition coefficient (Wildman–Crippen LogP) is 0.751. The zero-order valence-corrected chi connectivity index (χ0v) is 12.6. The minimum atomic E-state index is -0.500. The summed E-state index contributed by atoms with van der Waals surface area (Å²) in [6.07, 6.45) is 1.35. The molecule has 0 bridgehead atoms. The maximum absolute atomic E-state index is 11.6. The minimum Gasteiger partial charge on any atom is -0.396 e. The number of hydrogen-bond acceptors (Lipinski definition) is 4. The van der Waals surface area contributed by atoms with Gasteiger partial charge in [-0.1, -0.05) is 6.92 Å². The number of aliphatic hydroxyl groups excluding tert-OH is 1. The van der Waals surface area contributed by atoms with Crippen LogP contribution in [0.5, 0.6) is 0 Å². The molecule has 6 nitrogen and oxygen atoms in total. The first-order valence-corrected chi connectivity index (χ1v) is 6.60. The van der Waals surface area contributed by atoms with Crippen molar-refractivity contribution in [3.05, 3.63) is 0 Å². The summed E-state index contributed by atoms with van der Waals surface area (Å²) in [5.41, 5.74) is -0.681. The van der Waals surface area contributed by atoms with E-state index in [4.69, 9.17) is 5.11 Å². The highest BCUT2D eigenvalue weighted by molar-refractivity contribution is 5.95. The van der Waals surface area contributed by atoms with Crippen LogP contribution in [0.15, 0.2) is 0 Å². The number of imide groups is 1. The third-order valence-corrected chi connectivity index (χ3v) is 2.86. The average Bonchev–Trinajstić information content (AvgIpc) is 2.24. The monoisotopic (exact) mass is 273 g/mol. The van der Waals surface area contributed by atoms with Crippen molar-refractivity contribution in [3.63, 3.8) is 0 Å². The lowest BCUT2D eigenvalue weighted by Gasteiger charge is -2.29. The molecule has 3 amide bonds. The normalized spacial score (nSPS) is 14.6. The molecule has 0 fully saturated rings. The van der Waals surface area contributed by atoms with Crippen LogP contribution in [0.25, 0.3) is 0 Å². The van der Waals surface area contributed by atoms with E-state index in [2.05, 4.69) is 16.0 Å². The van der Waals surface area contributed by atoms with E-state index in [9.17, 15) is 9.59 Å². The van der Waals surface area contributed by atoms with Crippen LogP contribution in [0.3, 0.4) is 0 Å². The summed E-state index contributed by atoms with van der Waals surface area (Å²) in [6.45, 7) is 9.53. The van der Waals surface area contributed by atoms with Crippen molar-refractivity contribution in [3.8, 4) is 0 Å². The summed E-state index contributed by atoms with van der Waals surface area (Å²) in [7, 11) is 0. The Balaban J connectivity index is 4.15. The maximum Gasteiger partial charge on any atom is 0.321 e. The largest absolute Gasteiger partial charge is 0.396 e. The molecular weight excluding hydrogens is 246 g/mol. The summed E-state index contributed by atoms with van der Waals surface area (Å²) in [4.78, 5) is 23.1. The third-order valence-electron chi connectivity index (χ3n) is 2.86. The van der Waals surface area contributed by atoms with Gasteiger partial charge in [-0.2, -0.15) is 0 Å². The second-order valence-electron chi connectivity index (χ2n) is 5.99. The Labute approximate surface area is 115 Å². The molecule has 6 heteroatoms. The molecular formula is C13H27N3O3. The van der Waals surface area contributed by atoms with Crippen molar-refractivity contribution in [1.29, 1.82) is 0 Å². The number of aliphatic hydroxyl groups is 1. The number of hydrogen-bond donors (Lipinski definition) is 4. The summed E-state index contributed by atoms with van der Waals surface area (Å²) in [6, 6.07) is -0.500. The van der Waals surface area contributed by atoms with Gasteiger partial charge in [0, 0.05) is 17.7 Å². The molecule has 0 saturated carbocycles. The van der Waals surface area contributed by atoms with Crippen LogP contribution in [0.2, 0.25) is 0 Å². The van der Waals surface area contributed by atoms with Gasteiger partial charge in [-0.15, -0.1) is 0 Å². The van der Waals surface area contributed by atoms with Crippen LogP contribution >= 0.6 is 0 Å². The molecule has 0 aromatic rings. The number of carbonyl (C=O) groups excluding carboxylic acids is 2. The number of nitrogens with one attached hydrogen (secondary N) is 3. The van der Waals surface area contributed by atoms with Crippen LogP contribution in [0.4, 0.5) is 4.79 Å². The van der Waals surface area contributed by atoms with E-state index < -0.39 is 6.03 Å². The Hall–Kier alpha value is -1.14. The first-order valence-electron chi connectivity index (χ1n) is 6.60. The van der Waals surface area contributed by atoms with Gasteiger partial charge in [-0.25, -0.2) is 4.79 Å². The standard InChI is InChI=1S/C13H27N3O3/c1-6-13(5,7-8-17)14-9-10(18)15-11(19)16-12(2,3)4/h14,17H,6-9H2,1-5H3,(H2,15,16,18,19)/t13-/m1/s1. The number of rotatable bonds is 6. The van der Waals surface area contributed by atoms with Gasteiger partial charge in [0.25, 0.3) is 0 Å². The second-order valence-corrected chi connectivity index (χ2v) is 5.99. The molecule has 0 unspecified atom stereocenters. The highest BCUT2D eigenvalue weighted by Crippen LogP contribution is 2.12. The highest BCUT2D eigenvalue weighted by atomic mass is 16.3. The van der Waals surface area contributed by atoms with Crippen LogP contribution in [0.1, 0.15) is 47.5 Å². The maximum atomic E-state index is 11.6. The minimum absolute atomic E-state index is 0.0436. The third kappa shape index (κ3) is 8.56.